The van der Waals surface area contributed by atoms with Gasteiger partial charge >= 0.3 is 0 Å². The lowest BCUT2D eigenvalue weighted by atomic mass is 9.99. The van der Waals surface area contributed by atoms with E-state index in [4.69, 9.17) is 14.1 Å². The van der Waals surface area contributed by atoms with Gasteiger partial charge in [-0.3, -0.25) is 0 Å². The molecule has 5 heteroatoms. The van der Waals surface area contributed by atoms with E-state index in [0.29, 0.717) is 12.5 Å². The van der Waals surface area contributed by atoms with Crippen LogP contribution in [0.1, 0.15) is 36.0 Å². The van der Waals surface area contributed by atoms with Crippen molar-refractivity contribution in [3.05, 3.63) is 47.7 Å². The van der Waals surface area contributed by atoms with Crippen molar-refractivity contribution in [2.45, 2.75) is 38.8 Å². The molecule has 0 spiro atoms. The molecule has 0 saturated carbocycles. The van der Waals surface area contributed by atoms with Crippen molar-refractivity contribution >= 4 is 11.0 Å². The predicted molar refractivity (Wildman–Crippen MR) is 93.4 cm³/mol. The highest BCUT2D eigenvalue weighted by Gasteiger charge is 2.22. The number of ether oxygens (including phenoxy) is 1. The van der Waals surface area contributed by atoms with E-state index in [1.54, 1.807) is 7.11 Å². The standard InChI is InChI=1S/C19H23N3O2/c1-13-12-22-8-4-6-15(19(22)21-13)10-20-11-16-9-14-5-3-7-17(23-2)18(14)24-16/h3,5,7,9,12,15,20H,4,6,8,10-11H2,1-2H3. The van der Waals surface area contributed by atoms with Crippen molar-refractivity contribution < 1.29 is 9.15 Å². The van der Waals surface area contributed by atoms with Crippen molar-refractivity contribution in [2.75, 3.05) is 13.7 Å². The lowest BCUT2D eigenvalue weighted by Crippen LogP contribution is -2.26. The van der Waals surface area contributed by atoms with Crippen LogP contribution in [0.3, 0.4) is 0 Å². The van der Waals surface area contributed by atoms with Crippen LogP contribution in [-0.2, 0) is 13.1 Å². The summed E-state index contributed by atoms with van der Waals surface area (Å²) >= 11 is 0. The molecule has 0 amide bonds. The summed E-state index contributed by atoms with van der Waals surface area (Å²) in [6.45, 7) is 4.80. The molecule has 4 rings (SSSR count). The van der Waals surface area contributed by atoms with Crippen molar-refractivity contribution in [2.24, 2.45) is 0 Å². The van der Waals surface area contributed by atoms with Gasteiger partial charge in [-0.15, -0.1) is 0 Å². The van der Waals surface area contributed by atoms with Crippen LogP contribution in [0, 0.1) is 6.92 Å². The smallest absolute Gasteiger partial charge is 0.176 e. The first-order valence-electron chi connectivity index (χ1n) is 8.54. The monoisotopic (exact) mass is 325 g/mol. The maximum Gasteiger partial charge on any atom is 0.176 e. The average molecular weight is 325 g/mol. The Morgan fingerprint density at radius 1 is 1.42 bits per heavy atom. The molecule has 2 aromatic heterocycles. The summed E-state index contributed by atoms with van der Waals surface area (Å²) in [6, 6.07) is 8.04. The number of hydrogen-bond donors (Lipinski definition) is 1. The number of nitrogens with one attached hydrogen (secondary N) is 1. The van der Waals surface area contributed by atoms with Gasteiger partial charge in [0, 0.05) is 30.6 Å². The van der Waals surface area contributed by atoms with Crippen LogP contribution in [-0.4, -0.2) is 23.2 Å². The van der Waals surface area contributed by atoms with E-state index in [0.717, 1.165) is 41.3 Å². The molecule has 0 fully saturated rings. The zero-order chi connectivity index (χ0) is 16.5. The van der Waals surface area contributed by atoms with Gasteiger partial charge in [-0.2, -0.15) is 0 Å². The van der Waals surface area contributed by atoms with Crippen LogP contribution in [0.5, 0.6) is 5.75 Å². The van der Waals surface area contributed by atoms with Gasteiger partial charge in [-0.05, 0) is 31.9 Å². The Bertz CT molecular complexity index is 850. The second kappa shape index (κ2) is 6.32. The van der Waals surface area contributed by atoms with Gasteiger partial charge in [-0.1, -0.05) is 12.1 Å². The highest BCUT2D eigenvalue weighted by molar-refractivity contribution is 5.83. The Labute approximate surface area is 141 Å². The van der Waals surface area contributed by atoms with Gasteiger partial charge in [0.25, 0.3) is 0 Å². The largest absolute Gasteiger partial charge is 0.493 e. The molecule has 1 atom stereocenters. The Kier molecular flexibility index (Phi) is 4.02. The molecule has 1 N–H and O–H groups in total. The number of nitrogens with zero attached hydrogens (tertiary/aromatic N) is 2. The minimum absolute atomic E-state index is 0.478. The van der Waals surface area contributed by atoms with Crippen LogP contribution in [0.2, 0.25) is 0 Å². The molecule has 1 aliphatic rings. The molecular formula is C19H23N3O2. The van der Waals surface area contributed by atoms with E-state index < -0.39 is 0 Å². The van der Waals surface area contributed by atoms with Crippen LogP contribution in [0.4, 0.5) is 0 Å². The molecule has 5 nitrogen and oxygen atoms in total. The van der Waals surface area contributed by atoms with E-state index in [2.05, 4.69) is 29.1 Å². The van der Waals surface area contributed by atoms with E-state index in [1.165, 1.54) is 18.7 Å². The normalized spacial score (nSPS) is 17.2. The fourth-order valence-corrected chi connectivity index (χ4v) is 3.61. The second-order valence-corrected chi connectivity index (χ2v) is 6.50. The molecule has 0 aliphatic carbocycles. The molecule has 1 aromatic carbocycles. The van der Waals surface area contributed by atoms with Crippen LogP contribution < -0.4 is 10.1 Å². The molecule has 0 radical (unpaired) electrons. The van der Waals surface area contributed by atoms with E-state index in [-0.39, 0.29) is 0 Å². The minimum Gasteiger partial charge on any atom is -0.493 e. The molecule has 0 saturated heterocycles. The van der Waals surface area contributed by atoms with E-state index >= 15 is 0 Å². The summed E-state index contributed by atoms with van der Waals surface area (Å²) < 4.78 is 13.6. The number of methoxy groups -OCH3 is 1. The highest BCUT2D eigenvalue weighted by Crippen LogP contribution is 2.29. The third kappa shape index (κ3) is 2.80. The Morgan fingerprint density at radius 2 is 2.33 bits per heavy atom. The zero-order valence-electron chi connectivity index (χ0n) is 14.2. The number of para-hydroxylation sites is 1. The zero-order valence-corrected chi connectivity index (χ0v) is 14.2. The van der Waals surface area contributed by atoms with Crippen LogP contribution >= 0.6 is 0 Å². The van der Waals surface area contributed by atoms with Crippen LogP contribution in [0.25, 0.3) is 11.0 Å². The number of aromatic nitrogens is 2. The third-order valence-electron chi connectivity index (χ3n) is 4.71. The Balaban J connectivity index is 1.43. The van der Waals surface area contributed by atoms with Gasteiger partial charge in [0.2, 0.25) is 0 Å². The van der Waals surface area contributed by atoms with Crippen molar-refractivity contribution in [1.82, 2.24) is 14.9 Å². The van der Waals surface area contributed by atoms with Gasteiger partial charge in [0.1, 0.15) is 11.6 Å². The van der Waals surface area contributed by atoms with Gasteiger partial charge in [0.15, 0.2) is 11.3 Å². The predicted octanol–water partition coefficient (Wildman–Crippen LogP) is 3.61. The number of fused-ring (bicyclic) bond motifs is 2. The lowest BCUT2D eigenvalue weighted by Gasteiger charge is -2.23. The molecule has 24 heavy (non-hydrogen) atoms. The summed E-state index contributed by atoms with van der Waals surface area (Å²) in [5.74, 6) is 3.41. The lowest BCUT2D eigenvalue weighted by molar-refractivity contribution is 0.400. The van der Waals surface area contributed by atoms with Crippen molar-refractivity contribution in [3.8, 4) is 5.75 Å². The van der Waals surface area contributed by atoms with Crippen molar-refractivity contribution in [1.29, 1.82) is 0 Å². The van der Waals surface area contributed by atoms with E-state index in [1.807, 2.05) is 18.2 Å². The van der Waals surface area contributed by atoms with Gasteiger partial charge in [0.05, 0.1) is 19.3 Å². The fourth-order valence-electron chi connectivity index (χ4n) is 3.61. The maximum absolute atomic E-state index is 5.94. The molecule has 1 aliphatic heterocycles. The fraction of sp³-hybridized carbons (Fsp3) is 0.421. The first-order chi connectivity index (χ1) is 11.7. The summed E-state index contributed by atoms with van der Waals surface area (Å²) in [6.07, 6.45) is 4.57. The number of benzene rings is 1. The molecule has 0 bridgehead atoms. The summed E-state index contributed by atoms with van der Waals surface area (Å²) in [5.41, 5.74) is 1.93. The topological polar surface area (TPSA) is 52.2 Å². The number of rotatable bonds is 5. The molecule has 1 unspecified atom stereocenters. The van der Waals surface area contributed by atoms with Gasteiger partial charge < -0.3 is 19.0 Å². The summed E-state index contributed by atoms with van der Waals surface area (Å²) in [7, 11) is 1.67. The third-order valence-corrected chi connectivity index (χ3v) is 4.71. The summed E-state index contributed by atoms with van der Waals surface area (Å²) in [4.78, 5) is 4.70. The Morgan fingerprint density at radius 3 is 3.21 bits per heavy atom. The molecular weight excluding hydrogens is 302 g/mol. The molecule has 3 aromatic rings. The second-order valence-electron chi connectivity index (χ2n) is 6.50. The molecule has 126 valence electrons. The quantitative estimate of drug-likeness (QED) is 0.778. The first-order valence-corrected chi connectivity index (χ1v) is 8.54. The van der Waals surface area contributed by atoms with Crippen molar-refractivity contribution in [3.63, 3.8) is 0 Å². The first kappa shape index (κ1) is 15.3. The Hall–Kier alpha value is -2.27. The molecule has 3 heterocycles. The van der Waals surface area contributed by atoms with Gasteiger partial charge in [-0.25, -0.2) is 4.98 Å². The maximum atomic E-state index is 5.94. The number of furan rings is 1. The average Bonchev–Trinajstić information content (AvgIpc) is 3.17. The summed E-state index contributed by atoms with van der Waals surface area (Å²) in [5, 5.41) is 4.61. The SMILES string of the molecule is COc1cccc2cc(CNCC3CCCn4cc(C)nc43)oc12. The van der Waals surface area contributed by atoms with Crippen LogP contribution in [0.15, 0.2) is 34.9 Å². The number of hydrogen-bond acceptors (Lipinski definition) is 4. The number of imidazole rings is 1. The highest BCUT2D eigenvalue weighted by atomic mass is 16.5. The van der Waals surface area contributed by atoms with E-state index in [9.17, 15) is 0 Å². The number of aryl methyl sites for hydroxylation is 2. The minimum atomic E-state index is 0.478.